The highest BCUT2D eigenvalue weighted by molar-refractivity contribution is 9.10. The molecule has 0 amide bonds. The zero-order valence-corrected chi connectivity index (χ0v) is 21.8. The van der Waals surface area contributed by atoms with E-state index in [9.17, 15) is 14.9 Å². The number of nitro groups is 1. The minimum atomic E-state index is -0.739. The molecule has 0 spiro atoms. The van der Waals surface area contributed by atoms with Crippen molar-refractivity contribution in [3.05, 3.63) is 102 Å². The average Bonchev–Trinajstić information content (AvgIpc) is 3.19. The molecular weight excluding hydrogens is 575 g/mol. The monoisotopic (exact) mass is 590 g/mol. The van der Waals surface area contributed by atoms with Crippen molar-refractivity contribution in [2.45, 2.75) is 13.5 Å². The number of hydrogen-bond acceptors (Lipinski definition) is 7. The first-order valence-corrected chi connectivity index (χ1v) is 12.1. The minimum absolute atomic E-state index is 0.0328. The molecule has 0 unspecified atom stereocenters. The summed E-state index contributed by atoms with van der Waals surface area (Å²) in [6.07, 6.45) is 1.47. The number of non-ortho nitro benzene ring substituents is 1. The molecule has 3 aromatic rings. The molecule has 1 aliphatic heterocycles. The molecule has 0 N–H and O–H groups in total. The number of carbonyl (C=O) groups is 1. The van der Waals surface area contributed by atoms with Crippen molar-refractivity contribution in [1.29, 1.82) is 0 Å². The second-order valence-corrected chi connectivity index (χ2v) is 9.17. The van der Waals surface area contributed by atoms with E-state index < -0.39 is 10.9 Å². The smallest absolute Gasteiger partial charge is 0.363 e. The number of aliphatic imine (C=N–C) groups is 1. The van der Waals surface area contributed by atoms with Crippen LogP contribution in [0.1, 0.15) is 23.6 Å². The SMILES string of the molecule is CCOc1cc(/C=C2\N=C(c3cc([N+](=O)[O-])ccc3Cl)OC2=O)cc(Cl)c1OCc1ccc(Br)cc1. The van der Waals surface area contributed by atoms with Crippen LogP contribution in [0.25, 0.3) is 6.08 Å². The fraction of sp³-hybridized carbons (Fsp3) is 0.120. The van der Waals surface area contributed by atoms with Gasteiger partial charge in [-0.3, -0.25) is 10.1 Å². The second kappa shape index (κ2) is 11.1. The van der Waals surface area contributed by atoms with E-state index in [0.717, 1.165) is 10.0 Å². The van der Waals surface area contributed by atoms with Crippen LogP contribution in [0.5, 0.6) is 11.5 Å². The van der Waals surface area contributed by atoms with Crippen LogP contribution >= 0.6 is 39.1 Å². The van der Waals surface area contributed by atoms with Gasteiger partial charge in [0.05, 0.1) is 27.1 Å². The Labute approximate surface area is 224 Å². The molecule has 0 fully saturated rings. The van der Waals surface area contributed by atoms with Crippen molar-refractivity contribution in [2.75, 3.05) is 6.61 Å². The third-order valence-corrected chi connectivity index (χ3v) is 6.08. The number of ether oxygens (including phenoxy) is 3. The summed E-state index contributed by atoms with van der Waals surface area (Å²) in [5.74, 6) is -0.112. The summed E-state index contributed by atoms with van der Waals surface area (Å²) in [5.41, 5.74) is 1.35. The van der Waals surface area contributed by atoms with E-state index in [-0.39, 0.29) is 39.5 Å². The van der Waals surface area contributed by atoms with Gasteiger partial charge in [-0.1, -0.05) is 51.3 Å². The molecule has 184 valence electrons. The lowest BCUT2D eigenvalue weighted by Gasteiger charge is -2.14. The quantitative estimate of drug-likeness (QED) is 0.121. The fourth-order valence-corrected chi connectivity index (χ4v) is 4.02. The maximum absolute atomic E-state index is 12.5. The second-order valence-electron chi connectivity index (χ2n) is 7.44. The molecule has 36 heavy (non-hydrogen) atoms. The van der Waals surface area contributed by atoms with Gasteiger partial charge in [-0.05, 0) is 54.5 Å². The van der Waals surface area contributed by atoms with Crippen LogP contribution < -0.4 is 9.47 Å². The van der Waals surface area contributed by atoms with Gasteiger partial charge < -0.3 is 14.2 Å². The van der Waals surface area contributed by atoms with Crippen molar-refractivity contribution in [3.63, 3.8) is 0 Å². The average molecular weight is 592 g/mol. The van der Waals surface area contributed by atoms with Crippen LogP contribution in [0, 0.1) is 10.1 Å². The lowest BCUT2D eigenvalue weighted by atomic mass is 10.1. The molecule has 0 aromatic heterocycles. The molecule has 4 rings (SSSR count). The van der Waals surface area contributed by atoms with E-state index in [1.54, 1.807) is 12.1 Å². The van der Waals surface area contributed by atoms with Gasteiger partial charge in [-0.15, -0.1) is 0 Å². The Kier molecular flexibility index (Phi) is 7.93. The number of benzene rings is 3. The Morgan fingerprint density at radius 3 is 2.53 bits per heavy atom. The molecule has 1 heterocycles. The molecule has 0 radical (unpaired) electrons. The van der Waals surface area contributed by atoms with Crippen LogP contribution in [-0.4, -0.2) is 23.4 Å². The van der Waals surface area contributed by atoms with Crippen LogP contribution in [0.15, 0.2) is 69.8 Å². The van der Waals surface area contributed by atoms with Crippen molar-refractivity contribution in [1.82, 2.24) is 0 Å². The molecule has 0 atom stereocenters. The Bertz CT molecular complexity index is 1410. The van der Waals surface area contributed by atoms with Crippen LogP contribution in [-0.2, 0) is 16.1 Å². The maximum atomic E-state index is 12.5. The maximum Gasteiger partial charge on any atom is 0.363 e. The standard InChI is InChI=1S/C25H17BrCl2N2O6/c1-2-34-22-11-15(9-20(28)23(22)35-13-14-3-5-16(26)6-4-14)10-21-25(31)36-24(29-21)18-12-17(30(32)33)7-8-19(18)27/h3-12H,2,13H2,1H3/b21-10-. The molecule has 0 aliphatic carbocycles. The van der Waals surface area contributed by atoms with Crippen LogP contribution in [0.4, 0.5) is 5.69 Å². The van der Waals surface area contributed by atoms with Gasteiger partial charge in [-0.25, -0.2) is 9.79 Å². The molecule has 11 heteroatoms. The number of hydrogen-bond donors (Lipinski definition) is 0. The highest BCUT2D eigenvalue weighted by Crippen LogP contribution is 2.38. The van der Waals surface area contributed by atoms with Gasteiger partial charge in [0, 0.05) is 16.6 Å². The highest BCUT2D eigenvalue weighted by Gasteiger charge is 2.27. The van der Waals surface area contributed by atoms with Gasteiger partial charge in [0.2, 0.25) is 5.90 Å². The third-order valence-electron chi connectivity index (χ3n) is 4.94. The predicted molar refractivity (Wildman–Crippen MR) is 140 cm³/mol. The molecule has 0 bridgehead atoms. The van der Waals surface area contributed by atoms with E-state index in [1.165, 1.54) is 24.3 Å². The van der Waals surface area contributed by atoms with E-state index in [0.29, 0.717) is 23.7 Å². The fourth-order valence-electron chi connectivity index (χ4n) is 3.28. The zero-order chi connectivity index (χ0) is 25.8. The summed E-state index contributed by atoms with van der Waals surface area (Å²) in [7, 11) is 0. The molecule has 8 nitrogen and oxygen atoms in total. The van der Waals surface area contributed by atoms with E-state index in [1.807, 2.05) is 31.2 Å². The molecule has 0 saturated heterocycles. The summed E-state index contributed by atoms with van der Waals surface area (Å²) >= 11 is 16.0. The number of cyclic esters (lactones) is 1. The van der Waals surface area contributed by atoms with Gasteiger partial charge in [0.1, 0.15) is 6.61 Å². The predicted octanol–water partition coefficient (Wildman–Crippen LogP) is 6.99. The van der Waals surface area contributed by atoms with Crippen molar-refractivity contribution in [2.24, 2.45) is 4.99 Å². The number of nitro benzene ring substituents is 1. The third kappa shape index (κ3) is 5.87. The van der Waals surface area contributed by atoms with Crippen LogP contribution in [0.3, 0.4) is 0 Å². The first-order chi connectivity index (χ1) is 17.2. The summed E-state index contributed by atoms with van der Waals surface area (Å²) in [5, 5.41) is 11.5. The van der Waals surface area contributed by atoms with Crippen molar-refractivity contribution >= 4 is 62.8 Å². The van der Waals surface area contributed by atoms with Gasteiger partial charge >= 0.3 is 5.97 Å². The molecule has 1 aliphatic rings. The summed E-state index contributed by atoms with van der Waals surface area (Å²) in [6, 6.07) is 14.7. The Morgan fingerprint density at radius 1 is 1.08 bits per heavy atom. The lowest BCUT2D eigenvalue weighted by Crippen LogP contribution is -2.06. The van der Waals surface area contributed by atoms with E-state index in [2.05, 4.69) is 20.9 Å². The Hall–Kier alpha value is -3.40. The topological polar surface area (TPSA) is 100 Å². The minimum Gasteiger partial charge on any atom is -0.490 e. The summed E-state index contributed by atoms with van der Waals surface area (Å²) < 4.78 is 17.8. The number of carbonyl (C=O) groups excluding carboxylic acids is 1. The largest absolute Gasteiger partial charge is 0.490 e. The van der Waals surface area contributed by atoms with Crippen LogP contribution in [0.2, 0.25) is 10.0 Å². The summed E-state index contributed by atoms with van der Waals surface area (Å²) in [6.45, 7) is 2.46. The molecule has 3 aromatic carbocycles. The molecular formula is C25H17BrCl2N2O6. The van der Waals surface area contributed by atoms with E-state index >= 15 is 0 Å². The first kappa shape index (κ1) is 25.7. The summed E-state index contributed by atoms with van der Waals surface area (Å²) in [4.78, 5) is 27.2. The number of halogens is 3. The van der Waals surface area contributed by atoms with E-state index in [4.69, 9.17) is 37.4 Å². The number of esters is 1. The number of rotatable bonds is 8. The van der Waals surface area contributed by atoms with Gasteiger partial charge in [-0.2, -0.15) is 0 Å². The molecule has 0 saturated carbocycles. The van der Waals surface area contributed by atoms with Gasteiger partial charge in [0.15, 0.2) is 17.2 Å². The van der Waals surface area contributed by atoms with Crippen molar-refractivity contribution in [3.8, 4) is 11.5 Å². The van der Waals surface area contributed by atoms with Crippen molar-refractivity contribution < 1.29 is 23.9 Å². The Balaban J connectivity index is 1.63. The zero-order valence-electron chi connectivity index (χ0n) is 18.7. The number of nitrogens with zero attached hydrogens (tertiary/aromatic N) is 2. The van der Waals surface area contributed by atoms with Gasteiger partial charge in [0.25, 0.3) is 5.69 Å². The highest BCUT2D eigenvalue weighted by atomic mass is 79.9. The Morgan fingerprint density at radius 2 is 1.83 bits per heavy atom. The normalized spacial score (nSPS) is 13.9. The lowest BCUT2D eigenvalue weighted by molar-refractivity contribution is -0.384. The first-order valence-electron chi connectivity index (χ1n) is 10.6.